The molecule has 3 heterocycles. The van der Waals surface area contributed by atoms with Gasteiger partial charge in [-0.25, -0.2) is 4.79 Å². The number of hydrogen-bond donors (Lipinski definition) is 14. The van der Waals surface area contributed by atoms with Gasteiger partial charge in [-0.05, 0) is 44.9 Å². The number of aliphatic hydroxyl groups is 11. The summed E-state index contributed by atoms with van der Waals surface area (Å²) >= 11 is 0. The van der Waals surface area contributed by atoms with Gasteiger partial charge in [0.05, 0.1) is 50.7 Å². The van der Waals surface area contributed by atoms with Gasteiger partial charge in [-0.2, -0.15) is 0 Å². The highest BCUT2D eigenvalue weighted by atomic mass is 16.8. The van der Waals surface area contributed by atoms with Crippen LogP contribution in [0, 0.1) is 0 Å². The van der Waals surface area contributed by atoms with Crippen LogP contribution < -0.4 is 10.6 Å². The molecule has 3 rings (SSSR count). The lowest BCUT2D eigenvalue weighted by molar-refractivity contribution is -0.386. The van der Waals surface area contributed by atoms with Crippen LogP contribution in [0.15, 0.2) is 24.3 Å². The standard InChI is InChI=1S/C66H120N2O21/c1-4-6-8-10-12-14-16-18-19-20-21-22-23-24-25-26-27-28-29-31-33-35-37-39-48(73)47(68-53(76)40-38-36-34-32-30-17-15-13-11-9-7-5-2)45-84-63-58(80)57(79)60(52(44-71)86-63)87-64-59(81)62(56(78)51(43-70)85-64)89-66(65(82)83)41-49(74)54(67-46(3)72)61(88-66)55(77)50(75)42-69/h13,15,37,39,47-52,54-64,69-71,73-75,77-81H,4-12,14,16-36,38,40-45H2,1-3H3,(H,67,72)(H,68,76)(H,82,83)/b15-13-,39-37+. The van der Waals surface area contributed by atoms with E-state index in [0.29, 0.717) is 12.8 Å². The van der Waals surface area contributed by atoms with Crippen LogP contribution in [-0.2, 0) is 42.8 Å². The maximum atomic E-state index is 13.4. The summed E-state index contributed by atoms with van der Waals surface area (Å²) in [4.78, 5) is 38.5. The number of aliphatic hydroxyl groups excluding tert-OH is 11. The van der Waals surface area contributed by atoms with Crippen molar-refractivity contribution < 1.29 is 104 Å². The second-order valence-corrected chi connectivity index (χ2v) is 25.0. The minimum atomic E-state index is -3.08. The van der Waals surface area contributed by atoms with E-state index in [1.807, 2.05) is 6.08 Å². The summed E-state index contributed by atoms with van der Waals surface area (Å²) in [6.45, 7) is 2.10. The molecule has 89 heavy (non-hydrogen) atoms. The molecule has 23 nitrogen and oxygen atoms in total. The van der Waals surface area contributed by atoms with E-state index in [9.17, 15) is 75.7 Å². The fourth-order valence-electron chi connectivity index (χ4n) is 11.9. The van der Waals surface area contributed by atoms with Crippen LogP contribution in [0.3, 0.4) is 0 Å². The van der Waals surface area contributed by atoms with E-state index in [1.165, 1.54) is 135 Å². The Hall–Kier alpha value is -2.79. The third-order valence-electron chi connectivity index (χ3n) is 17.4. The molecule has 0 aromatic rings. The summed E-state index contributed by atoms with van der Waals surface area (Å²) in [6.07, 6.45) is 16.7. The summed E-state index contributed by atoms with van der Waals surface area (Å²) in [5, 5.41) is 136. The average Bonchev–Trinajstić information content (AvgIpc) is 1.23. The van der Waals surface area contributed by atoms with E-state index in [2.05, 4.69) is 36.6 Å². The van der Waals surface area contributed by atoms with Crippen molar-refractivity contribution in [1.29, 1.82) is 0 Å². The normalized spacial score (nSPS) is 28.9. The Morgan fingerprint density at radius 3 is 1.55 bits per heavy atom. The van der Waals surface area contributed by atoms with E-state index in [4.69, 9.17) is 28.4 Å². The van der Waals surface area contributed by atoms with Gasteiger partial charge in [0.1, 0.15) is 67.1 Å². The quantitative estimate of drug-likeness (QED) is 0.0257. The SMILES string of the molecule is CCCCC/C=C\CCCCCCCC(=O)NC(COC1OC(CO)C(OC2OC(CO)C(O)C(OC3(C(=O)O)CC(O)C(NC(C)=O)C(C(O)C(O)CO)O3)C2O)C(O)C1O)C(O)/C=C/CCCCCCCCCCCCCCCCCCCCCCC. The number of hydrogen-bond acceptors (Lipinski definition) is 20. The summed E-state index contributed by atoms with van der Waals surface area (Å²) in [5.41, 5.74) is 0. The van der Waals surface area contributed by atoms with Gasteiger partial charge >= 0.3 is 5.97 Å². The van der Waals surface area contributed by atoms with Crippen LogP contribution in [0.1, 0.15) is 239 Å². The number of carboxylic acids is 1. The predicted octanol–water partition coefficient (Wildman–Crippen LogP) is 5.67. The van der Waals surface area contributed by atoms with E-state index >= 15 is 0 Å². The molecule has 0 aromatic heterocycles. The Labute approximate surface area is 530 Å². The Bertz CT molecular complexity index is 1900. The molecule has 14 N–H and O–H groups in total. The lowest BCUT2D eigenvalue weighted by Gasteiger charge is -2.50. The molecule has 0 bridgehead atoms. The molecule has 0 aliphatic carbocycles. The maximum Gasteiger partial charge on any atom is 0.364 e. The van der Waals surface area contributed by atoms with Crippen molar-refractivity contribution in [1.82, 2.24) is 10.6 Å². The third-order valence-corrected chi connectivity index (χ3v) is 17.4. The van der Waals surface area contributed by atoms with Crippen molar-refractivity contribution in [2.24, 2.45) is 0 Å². The lowest BCUT2D eigenvalue weighted by Crippen LogP contribution is -2.70. The zero-order valence-corrected chi connectivity index (χ0v) is 54.0. The van der Waals surface area contributed by atoms with Gasteiger partial charge in [0.2, 0.25) is 11.8 Å². The van der Waals surface area contributed by atoms with Crippen LogP contribution in [0.25, 0.3) is 0 Å². The van der Waals surface area contributed by atoms with E-state index in [0.717, 1.165) is 64.7 Å². The Balaban J connectivity index is 1.59. The molecule has 520 valence electrons. The molecular formula is C66H120N2O21. The van der Waals surface area contributed by atoms with Gasteiger partial charge in [-0.3, -0.25) is 9.59 Å². The summed E-state index contributed by atoms with van der Waals surface area (Å²) in [5.74, 6) is -6.15. The van der Waals surface area contributed by atoms with Crippen LogP contribution in [-0.4, -0.2) is 215 Å². The number of ether oxygens (including phenoxy) is 6. The summed E-state index contributed by atoms with van der Waals surface area (Å²) in [6, 6.07) is -2.62. The third kappa shape index (κ3) is 30.0. The number of amides is 2. The van der Waals surface area contributed by atoms with Crippen LogP contribution in [0.5, 0.6) is 0 Å². The van der Waals surface area contributed by atoms with Crippen LogP contribution in [0.2, 0.25) is 0 Å². The van der Waals surface area contributed by atoms with Gasteiger partial charge in [0, 0.05) is 19.8 Å². The van der Waals surface area contributed by atoms with Gasteiger partial charge in [-0.1, -0.05) is 199 Å². The second-order valence-electron chi connectivity index (χ2n) is 25.0. The van der Waals surface area contributed by atoms with Gasteiger partial charge in [0.15, 0.2) is 12.6 Å². The van der Waals surface area contributed by atoms with Crippen molar-refractivity contribution in [3.63, 3.8) is 0 Å². The van der Waals surface area contributed by atoms with Crippen LogP contribution in [0.4, 0.5) is 0 Å². The minimum absolute atomic E-state index is 0.190. The van der Waals surface area contributed by atoms with Crippen molar-refractivity contribution in [3.05, 3.63) is 24.3 Å². The monoisotopic (exact) mass is 1280 g/mol. The maximum absolute atomic E-state index is 13.4. The van der Waals surface area contributed by atoms with E-state index < -0.39 is 155 Å². The zero-order chi connectivity index (χ0) is 65.4. The highest BCUT2D eigenvalue weighted by Crippen LogP contribution is 2.39. The summed E-state index contributed by atoms with van der Waals surface area (Å²) in [7, 11) is 0. The number of unbranched alkanes of at least 4 members (excludes halogenated alkanes) is 29. The largest absolute Gasteiger partial charge is 0.477 e. The Morgan fingerprint density at radius 2 is 1.06 bits per heavy atom. The van der Waals surface area contributed by atoms with E-state index in [-0.39, 0.29) is 12.3 Å². The highest BCUT2D eigenvalue weighted by molar-refractivity contribution is 5.77. The molecule has 3 saturated heterocycles. The number of nitrogens with one attached hydrogen (secondary N) is 2. The first kappa shape index (κ1) is 80.4. The first-order valence-corrected chi connectivity index (χ1v) is 34.2. The number of rotatable bonds is 51. The number of carbonyl (C=O) groups excluding carboxylic acids is 2. The van der Waals surface area contributed by atoms with Crippen molar-refractivity contribution >= 4 is 17.8 Å². The second kappa shape index (κ2) is 47.1. The fraction of sp³-hybridized carbons (Fsp3) is 0.894. The first-order valence-electron chi connectivity index (χ1n) is 34.2. The molecule has 3 aliphatic heterocycles. The molecule has 0 saturated carbocycles. The average molecular weight is 1280 g/mol. The van der Waals surface area contributed by atoms with Crippen molar-refractivity contribution in [3.8, 4) is 0 Å². The number of aliphatic carboxylic acids is 1. The molecule has 18 atom stereocenters. The van der Waals surface area contributed by atoms with Gasteiger partial charge in [-0.15, -0.1) is 0 Å². The van der Waals surface area contributed by atoms with Gasteiger partial charge in [0.25, 0.3) is 5.79 Å². The fourth-order valence-corrected chi connectivity index (χ4v) is 11.9. The number of carbonyl (C=O) groups is 3. The molecule has 3 aliphatic rings. The molecular weight excluding hydrogens is 1160 g/mol. The highest BCUT2D eigenvalue weighted by Gasteiger charge is 2.60. The Kier molecular flexibility index (Phi) is 42.6. The molecule has 0 spiro atoms. The number of allylic oxidation sites excluding steroid dienone is 3. The molecule has 2 amide bonds. The predicted molar refractivity (Wildman–Crippen MR) is 334 cm³/mol. The van der Waals surface area contributed by atoms with Crippen molar-refractivity contribution in [2.75, 3.05) is 26.4 Å². The minimum Gasteiger partial charge on any atom is -0.477 e. The molecule has 0 aromatic carbocycles. The number of carboxylic acid groups (broad SMARTS) is 1. The molecule has 0 radical (unpaired) electrons. The van der Waals surface area contributed by atoms with Crippen LogP contribution >= 0.6 is 0 Å². The smallest absolute Gasteiger partial charge is 0.364 e. The van der Waals surface area contributed by atoms with E-state index in [1.54, 1.807) is 6.08 Å². The summed E-state index contributed by atoms with van der Waals surface area (Å²) < 4.78 is 34.7. The molecule has 23 heteroatoms. The molecule has 3 fully saturated rings. The Morgan fingerprint density at radius 1 is 0.584 bits per heavy atom. The van der Waals surface area contributed by atoms with Crippen molar-refractivity contribution in [2.45, 2.75) is 349 Å². The first-order chi connectivity index (χ1) is 42.9. The van der Waals surface area contributed by atoms with Gasteiger partial charge < -0.3 is 100 Å². The topological polar surface area (TPSA) is 373 Å². The molecule has 18 unspecified atom stereocenters. The lowest BCUT2D eigenvalue weighted by atomic mass is 9.88. The zero-order valence-electron chi connectivity index (χ0n) is 54.0.